The molecule has 0 amide bonds. The standard InChI is InChI=1S/C11H14N2O4/c1-7-2-3-10(8(4-7)13(15)16)17-11-6-12-5-9(11)14/h2-4,9,11-12,14H,5-6H2,1H3/t9-,11-/m0/s1. The van der Waals surface area contributed by atoms with Crippen molar-refractivity contribution in [1.82, 2.24) is 5.32 Å². The summed E-state index contributed by atoms with van der Waals surface area (Å²) in [6.07, 6.45) is -1.06. The van der Waals surface area contributed by atoms with Gasteiger partial charge in [0, 0.05) is 19.2 Å². The van der Waals surface area contributed by atoms with E-state index in [0.717, 1.165) is 5.56 Å². The monoisotopic (exact) mass is 238 g/mol. The molecule has 2 N–H and O–H groups in total. The molecule has 1 heterocycles. The molecular weight excluding hydrogens is 224 g/mol. The lowest BCUT2D eigenvalue weighted by atomic mass is 10.2. The summed E-state index contributed by atoms with van der Waals surface area (Å²) in [7, 11) is 0. The molecule has 1 saturated heterocycles. The summed E-state index contributed by atoms with van der Waals surface area (Å²) in [5.74, 6) is 0.202. The number of hydrogen-bond donors (Lipinski definition) is 2. The van der Waals surface area contributed by atoms with Crippen LogP contribution >= 0.6 is 0 Å². The van der Waals surface area contributed by atoms with E-state index in [1.54, 1.807) is 19.1 Å². The second-order valence-corrected chi connectivity index (χ2v) is 4.11. The van der Waals surface area contributed by atoms with Crippen molar-refractivity contribution in [3.05, 3.63) is 33.9 Å². The highest BCUT2D eigenvalue weighted by atomic mass is 16.6. The van der Waals surface area contributed by atoms with Gasteiger partial charge in [0.2, 0.25) is 0 Å². The predicted molar refractivity (Wildman–Crippen MR) is 61.1 cm³/mol. The first kappa shape index (κ1) is 11.8. The van der Waals surface area contributed by atoms with Gasteiger partial charge in [-0.15, -0.1) is 0 Å². The summed E-state index contributed by atoms with van der Waals surface area (Å²) in [4.78, 5) is 10.4. The highest BCUT2D eigenvalue weighted by Gasteiger charge is 2.29. The SMILES string of the molecule is Cc1ccc(O[C@H]2CNC[C@@H]2O)c([N+](=O)[O-])c1. The van der Waals surface area contributed by atoms with Crippen molar-refractivity contribution >= 4 is 5.69 Å². The number of rotatable bonds is 3. The van der Waals surface area contributed by atoms with E-state index in [1.165, 1.54) is 6.07 Å². The van der Waals surface area contributed by atoms with Crippen molar-refractivity contribution in [2.24, 2.45) is 0 Å². The number of nitrogens with zero attached hydrogens (tertiary/aromatic N) is 1. The molecule has 1 aromatic carbocycles. The molecule has 1 aliphatic heterocycles. The minimum Gasteiger partial charge on any atom is -0.479 e. The average molecular weight is 238 g/mol. The van der Waals surface area contributed by atoms with Gasteiger partial charge in [0.1, 0.15) is 12.2 Å². The Morgan fingerprint density at radius 1 is 1.53 bits per heavy atom. The number of benzene rings is 1. The summed E-state index contributed by atoms with van der Waals surface area (Å²) < 4.78 is 5.48. The first-order valence-corrected chi connectivity index (χ1v) is 5.38. The molecule has 1 fully saturated rings. The van der Waals surface area contributed by atoms with Crippen LogP contribution in [0.1, 0.15) is 5.56 Å². The Labute approximate surface area is 98.4 Å². The van der Waals surface area contributed by atoms with Crippen LogP contribution in [0.3, 0.4) is 0 Å². The molecule has 0 unspecified atom stereocenters. The zero-order chi connectivity index (χ0) is 12.4. The van der Waals surface area contributed by atoms with Crippen LogP contribution in [0.4, 0.5) is 5.69 Å². The van der Waals surface area contributed by atoms with E-state index in [9.17, 15) is 15.2 Å². The van der Waals surface area contributed by atoms with Gasteiger partial charge in [-0.2, -0.15) is 0 Å². The number of nitro groups is 1. The normalized spacial score (nSPS) is 23.6. The maximum Gasteiger partial charge on any atom is 0.311 e. The van der Waals surface area contributed by atoms with Crippen LogP contribution in [0.5, 0.6) is 5.75 Å². The molecule has 0 bridgehead atoms. The summed E-state index contributed by atoms with van der Waals surface area (Å²) >= 11 is 0. The fourth-order valence-electron chi connectivity index (χ4n) is 1.79. The number of aliphatic hydroxyl groups is 1. The van der Waals surface area contributed by atoms with Crippen LogP contribution in [0, 0.1) is 17.0 Å². The number of nitrogens with one attached hydrogen (secondary N) is 1. The van der Waals surface area contributed by atoms with Crippen LogP contribution in [0.15, 0.2) is 18.2 Å². The summed E-state index contributed by atoms with van der Waals surface area (Å²) in [6.45, 7) is 2.72. The van der Waals surface area contributed by atoms with Crippen molar-refractivity contribution in [2.75, 3.05) is 13.1 Å². The molecule has 1 aliphatic rings. The maximum atomic E-state index is 10.9. The van der Waals surface area contributed by atoms with Crippen molar-refractivity contribution in [3.63, 3.8) is 0 Å². The molecule has 0 saturated carbocycles. The first-order valence-electron chi connectivity index (χ1n) is 5.38. The highest BCUT2D eigenvalue weighted by Crippen LogP contribution is 2.29. The van der Waals surface area contributed by atoms with E-state index >= 15 is 0 Å². The van der Waals surface area contributed by atoms with Crippen LogP contribution in [-0.4, -0.2) is 35.3 Å². The predicted octanol–water partition coefficient (Wildman–Crippen LogP) is 0.615. The molecule has 6 nitrogen and oxygen atoms in total. The Morgan fingerprint density at radius 3 is 2.88 bits per heavy atom. The summed E-state index contributed by atoms with van der Waals surface area (Å²) in [5.41, 5.74) is 0.734. The maximum absolute atomic E-state index is 10.9. The number of ether oxygens (including phenoxy) is 1. The Morgan fingerprint density at radius 2 is 2.29 bits per heavy atom. The third kappa shape index (κ3) is 2.54. The fourth-order valence-corrected chi connectivity index (χ4v) is 1.79. The number of aryl methyl sites for hydroxylation is 1. The molecule has 0 aromatic heterocycles. The van der Waals surface area contributed by atoms with Crippen molar-refractivity contribution in [1.29, 1.82) is 0 Å². The topological polar surface area (TPSA) is 84.6 Å². The molecule has 0 spiro atoms. The van der Waals surface area contributed by atoms with E-state index < -0.39 is 17.1 Å². The number of hydrogen-bond acceptors (Lipinski definition) is 5. The van der Waals surface area contributed by atoms with Gasteiger partial charge in [-0.3, -0.25) is 10.1 Å². The highest BCUT2D eigenvalue weighted by molar-refractivity contribution is 5.48. The molecule has 17 heavy (non-hydrogen) atoms. The van der Waals surface area contributed by atoms with E-state index in [1.807, 2.05) is 0 Å². The largest absolute Gasteiger partial charge is 0.479 e. The van der Waals surface area contributed by atoms with Crippen molar-refractivity contribution in [2.45, 2.75) is 19.1 Å². The van der Waals surface area contributed by atoms with E-state index in [-0.39, 0.29) is 11.4 Å². The zero-order valence-corrected chi connectivity index (χ0v) is 9.42. The van der Waals surface area contributed by atoms with Crippen LogP contribution < -0.4 is 10.1 Å². The lowest BCUT2D eigenvalue weighted by Crippen LogP contribution is -2.30. The van der Waals surface area contributed by atoms with E-state index in [2.05, 4.69) is 5.32 Å². The van der Waals surface area contributed by atoms with Gasteiger partial charge in [0.25, 0.3) is 0 Å². The average Bonchev–Trinajstić information content (AvgIpc) is 2.67. The number of aliphatic hydroxyl groups excluding tert-OH is 1. The van der Waals surface area contributed by atoms with E-state index in [4.69, 9.17) is 4.74 Å². The molecular formula is C11H14N2O4. The van der Waals surface area contributed by atoms with Gasteiger partial charge < -0.3 is 15.2 Å². The molecule has 2 atom stereocenters. The second-order valence-electron chi connectivity index (χ2n) is 4.11. The molecule has 0 radical (unpaired) electrons. The van der Waals surface area contributed by atoms with Gasteiger partial charge in [-0.05, 0) is 18.6 Å². The number of β-amino-alcohol motifs (C(OH)–C–C–N with tert-alkyl or cyclic N) is 1. The third-order valence-electron chi connectivity index (χ3n) is 2.72. The Kier molecular flexibility index (Phi) is 3.26. The summed E-state index contributed by atoms with van der Waals surface area (Å²) in [5, 5.41) is 23.4. The molecule has 6 heteroatoms. The summed E-state index contributed by atoms with van der Waals surface area (Å²) in [6, 6.07) is 4.78. The lowest BCUT2D eigenvalue weighted by molar-refractivity contribution is -0.386. The fraction of sp³-hybridized carbons (Fsp3) is 0.455. The smallest absolute Gasteiger partial charge is 0.311 e. The van der Waals surface area contributed by atoms with Crippen LogP contribution in [0.2, 0.25) is 0 Å². The van der Waals surface area contributed by atoms with Gasteiger partial charge in [-0.1, -0.05) is 6.07 Å². The van der Waals surface area contributed by atoms with Gasteiger partial charge in [-0.25, -0.2) is 0 Å². The minimum absolute atomic E-state index is 0.0656. The molecule has 1 aromatic rings. The van der Waals surface area contributed by atoms with Crippen LogP contribution in [0.25, 0.3) is 0 Å². The first-order chi connectivity index (χ1) is 8.08. The Balaban J connectivity index is 2.22. The number of nitro benzene ring substituents is 1. The second kappa shape index (κ2) is 4.68. The van der Waals surface area contributed by atoms with Gasteiger partial charge in [0.05, 0.1) is 4.92 Å². The molecule has 2 rings (SSSR count). The molecule has 92 valence electrons. The van der Waals surface area contributed by atoms with Crippen molar-refractivity contribution in [3.8, 4) is 5.75 Å². The Hall–Kier alpha value is -1.66. The van der Waals surface area contributed by atoms with Crippen molar-refractivity contribution < 1.29 is 14.8 Å². The van der Waals surface area contributed by atoms with Gasteiger partial charge >= 0.3 is 5.69 Å². The lowest BCUT2D eigenvalue weighted by Gasteiger charge is -2.16. The van der Waals surface area contributed by atoms with Crippen LogP contribution in [-0.2, 0) is 0 Å². The quantitative estimate of drug-likeness (QED) is 0.595. The molecule has 0 aliphatic carbocycles. The third-order valence-corrected chi connectivity index (χ3v) is 2.72. The minimum atomic E-state index is -0.629. The van der Waals surface area contributed by atoms with E-state index in [0.29, 0.717) is 13.1 Å². The Bertz CT molecular complexity index is 435. The zero-order valence-electron chi connectivity index (χ0n) is 9.42. The van der Waals surface area contributed by atoms with Gasteiger partial charge in [0.15, 0.2) is 5.75 Å².